The Morgan fingerprint density at radius 3 is 2.43 bits per heavy atom. The number of hydrogen-bond donors (Lipinski definition) is 3. The molecule has 1 heterocycles. The molecule has 0 aliphatic carbocycles. The van der Waals surface area contributed by atoms with Crippen molar-refractivity contribution in [1.29, 1.82) is 0 Å². The van der Waals surface area contributed by atoms with E-state index in [1.165, 1.54) is 12.1 Å². The van der Waals surface area contributed by atoms with Gasteiger partial charge in [-0.15, -0.1) is 0 Å². The molecule has 4 N–H and O–H groups in total. The first-order valence-corrected chi connectivity index (χ1v) is 8.93. The van der Waals surface area contributed by atoms with Crippen LogP contribution in [0.3, 0.4) is 0 Å². The van der Waals surface area contributed by atoms with Crippen LogP contribution in [-0.4, -0.2) is 48.8 Å². The summed E-state index contributed by atoms with van der Waals surface area (Å²) in [6, 6.07) is 1.91. The van der Waals surface area contributed by atoms with E-state index in [1.807, 2.05) is 0 Å². The van der Waals surface area contributed by atoms with Gasteiger partial charge in [0.25, 0.3) is 5.69 Å². The molecule has 1 aliphatic rings. The summed E-state index contributed by atoms with van der Waals surface area (Å²) in [5.41, 5.74) is 4.83. The predicted molar refractivity (Wildman–Crippen MR) is 99.5 cm³/mol. The smallest absolute Gasteiger partial charge is 0.319 e. The second kappa shape index (κ2) is 9.74. The number of carbonyl (C=O) groups is 2. The highest BCUT2D eigenvalue weighted by Gasteiger charge is 2.29. The van der Waals surface area contributed by atoms with Gasteiger partial charge < -0.3 is 30.6 Å². The molecule has 28 heavy (non-hydrogen) atoms. The Bertz CT molecular complexity index is 740. The molecular formula is C17H24N4O7. The van der Waals surface area contributed by atoms with Crippen LogP contribution in [-0.2, 0) is 9.53 Å². The van der Waals surface area contributed by atoms with Gasteiger partial charge in [-0.1, -0.05) is 0 Å². The molecule has 154 valence electrons. The Hall–Kier alpha value is -3.08. The number of nitro benzene ring substituents is 1. The van der Waals surface area contributed by atoms with E-state index in [1.54, 1.807) is 13.8 Å². The minimum absolute atomic E-state index is 0.0308. The van der Waals surface area contributed by atoms with E-state index < -0.39 is 23.0 Å². The van der Waals surface area contributed by atoms with Crippen molar-refractivity contribution in [2.75, 3.05) is 25.1 Å². The monoisotopic (exact) mass is 396 g/mol. The zero-order valence-electron chi connectivity index (χ0n) is 15.7. The molecule has 0 bridgehead atoms. The number of rotatable bonds is 9. The number of carbonyl (C=O) groups excluding carboxylic acids is 2. The molecule has 1 saturated heterocycles. The molecular weight excluding hydrogens is 372 g/mol. The maximum atomic E-state index is 12.2. The van der Waals surface area contributed by atoms with Crippen molar-refractivity contribution in [2.45, 2.75) is 38.9 Å². The van der Waals surface area contributed by atoms with Crippen LogP contribution >= 0.6 is 0 Å². The second-order valence-corrected chi connectivity index (χ2v) is 6.00. The third-order valence-electron chi connectivity index (χ3n) is 4.02. The van der Waals surface area contributed by atoms with Gasteiger partial charge in [-0.2, -0.15) is 0 Å². The van der Waals surface area contributed by atoms with Crippen molar-refractivity contribution in [1.82, 2.24) is 5.32 Å². The number of primary amides is 1. The normalized spacial score (nSPS) is 18.4. The van der Waals surface area contributed by atoms with Gasteiger partial charge >= 0.3 is 6.03 Å². The Morgan fingerprint density at radius 1 is 1.25 bits per heavy atom. The number of nitrogens with zero attached hydrogens (tertiary/aromatic N) is 1. The first-order valence-electron chi connectivity index (χ1n) is 8.93. The number of nitro groups is 1. The minimum atomic E-state index is -0.657. The molecule has 2 rings (SSSR count). The molecule has 0 saturated carbocycles. The largest absolute Gasteiger partial charge is 0.490 e. The fourth-order valence-electron chi connectivity index (χ4n) is 2.78. The SMILES string of the molecule is CCOc1cc(NC(=O)NCC2CCC(C(N)=O)O2)c([N+](=O)[O-])cc1OCC. The van der Waals surface area contributed by atoms with Gasteiger partial charge in [-0.3, -0.25) is 14.9 Å². The molecule has 3 amide bonds. The number of hydrogen-bond acceptors (Lipinski definition) is 7. The predicted octanol–water partition coefficient (Wildman–Crippen LogP) is 1.55. The van der Waals surface area contributed by atoms with Crippen molar-refractivity contribution < 1.29 is 28.7 Å². The van der Waals surface area contributed by atoms with Crippen LogP contribution < -0.4 is 25.8 Å². The molecule has 1 aromatic rings. The third kappa shape index (κ3) is 5.46. The Labute approximate surface area is 161 Å². The first kappa shape index (κ1) is 21.2. The fraction of sp³-hybridized carbons (Fsp3) is 0.529. The lowest BCUT2D eigenvalue weighted by Crippen LogP contribution is -2.36. The minimum Gasteiger partial charge on any atom is -0.490 e. The number of ether oxygens (including phenoxy) is 3. The third-order valence-corrected chi connectivity index (χ3v) is 4.02. The first-order chi connectivity index (χ1) is 13.3. The van der Waals surface area contributed by atoms with Crippen LogP contribution in [0.4, 0.5) is 16.2 Å². The topological polar surface area (TPSA) is 155 Å². The van der Waals surface area contributed by atoms with Crippen molar-refractivity contribution in [2.24, 2.45) is 5.73 Å². The Morgan fingerprint density at radius 2 is 1.89 bits per heavy atom. The molecule has 0 radical (unpaired) electrons. The van der Waals surface area contributed by atoms with E-state index in [2.05, 4.69) is 10.6 Å². The number of anilines is 1. The van der Waals surface area contributed by atoms with Crippen LogP contribution in [0.15, 0.2) is 12.1 Å². The molecule has 0 spiro atoms. The summed E-state index contributed by atoms with van der Waals surface area (Å²) < 4.78 is 16.2. The van der Waals surface area contributed by atoms with E-state index in [0.717, 1.165) is 0 Å². The average Bonchev–Trinajstić information content (AvgIpc) is 3.11. The highest BCUT2D eigenvalue weighted by atomic mass is 16.6. The van der Waals surface area contributed by atoms with Gasteiger partial charge in [-0.05, 0) is 26.7 Å². The zero-order valence-corrected chi connectivity index (χ0v) is 15.7. The molecule has 1 fully saturated rings. The maximum Gasteiger partial charge on any atom is 0.319 e. The van der Waals surface area contributed by atoms with Crippen molar-refractivity contribution in [3.63, 3.8) is 0 Å². The average molecular weight is 396 g/mol. The quantitative estimate of drug-likeness (QED) is 0.422. The van der Waals surface area contributed by atoms with Crippen LogP contribution in [0, 0.1) is 10.1 Å². The van der Waals surface area contributed by atoms with E-state index >= 15 is 0 Å². The fourth-order valence-corrected chi connectivity index (χ4v) is 2.78. The maximum absolute atomic E-state index is 12.2. The molecule has 2 atom stereocenters. The lowest BCUT2D eigenvalue weighted by atomic mass is 10.2. The van der Waals surface area contributed by atoms with Crippen LogP contribution in [0.2, 0.25) is 0 Å². The summed E-state index contributed by atoms with van der Waals surface area (Å²) in [6.45, 7) is 4.27. The second-order valence-electron chi connectivity index (χ2n) is 6.00. The summed E-state index contributed by atoms with van der Waals surface area (Å²) in [6.07, 6.45) is 0.0603. The number of nitrogens with two attached hydrogens (primary N) is 1. The number of benzene rings is 1. The van der Waals surface area contributed by atoms with Gasteiger partial charge in [0.1, 0.15) is 11.8 Å². The highest BCUT2D eigenvalue weighted by Crippen LogP contribution is 2.38. The molecule has 11 heteroatoms. The Balaban J connectivity index is 2.06. The van der Waals surface area contributed by atoms with Gasteiger partial charge in [0, 0.05) is 12.6 Å². The summed E-state index contributed by atoms with van der Waals surface area (Å²) in [5, 5.41) is 16.4. The summed E-state index contributed by atoms with van der Waals surface area (Å²) >= 11 is 0. The zero-order chi connectivity index (χ0) is 20.7. The van der Waals surface area contributed by atoms with Crippen molar-refractivity contribution in [3.8, 4) is 11.5 Å². The number of urea groups is 1. The van der Waals surface area contributed by atoms with E-state index in [9.17, 15) is 19.7 Å². The van der Waals surface area contributed by atoms with Gasteiger partial charge in [0.05, 0.1) is 30.3 Å². The van der Waals surface area contributed by atoms with Crippen LogP contribution in [0.5, 0.6) is 11.5 Å². The molecule has 0 aromatic heterocycles. The number of nitrogens with one attached hydrogen (secondary N) is 2. The van der Waals surface area contributed by atoms with Gasteiger partial charge in [-0.25, -0.2) is 4.79 Å². The summed E-state index contributed by atoms with van der Waals surface area (Å²) in [5.74, 6) is -0.0343. The molecule has 1 aromatic carbocycles. The van der Waals surface area contributed by atoms with Crippen LogP contribution in [0.25, 0.3) is 0 Å². The van der Waals surface area contributed by atoms with Gasteiger partial charge in [0.15, 0.2) is 11.5 Å². The standard InChI is InChI=1S/C17H24N4O7/c1-3-26-14-7-11(12(21(24)25)8-15(14)27-4-2)20-17(23)19-9-10-5-6-13(28-10)16(18)22/h7-8,10,13H,3-6,9H2,1-2H3,(H2,18,22)(H2,19,20,23). The van der Waals surface area contributed by atoms with Crippen molar-refractivity contribution in [3.05, 3.63) is 22.2 Å². The highest BCUT2D eigenvalue weighted by molar-refractivity contribution is 5.92. The van der Waals surface area contributed by atoms with Crippen molar-refractivity contribution >= 4 is 23.3 Å². The molecule has 1 aliphatic heterocycles. The van der Waals surface area contributed by atoms with Crippen LogP contribution in [0.1, 0.15) is 26.7 Å². The number of amides is 3. The van der Waals surface area contributed by atoms with E-state index in [4.69, 9.17) is 19.9 Å². The lowest BCUT2D eigenvalue weighted by molar-refractivity contribution is -0.384. The Kier molecular flexibility index (Phi) is 7.38. The van der Waals surface area contributed by atoms with Gasteiger partial charge in [0.2, 0.25) is 5.91 Å². The van der Waals surface area contributed by atoms with E-state index in [0.29, 0.717) is 26.1 Å². The molecule has 2 unspecified atom stereocenters. The molecule has 11 nitrogen and oxygen atoms in total. The lowest BCUT2D eigenvalue weighted by Gasteiger charge is -2.15. The van der Waals surface area contributed by atoms with E-state index in [-0.39, 0.29) is 35.5 Å². The summed E-state index contributed by atoms with van der Waals surface area (Å²) in [4.78, 5) is 34.0. The summed E-state index contributed by atoms with van der Waals surface area (Å²) in [7, 11) is 0.